The van der Waals surface area contributed by atoms with E-state index in [0.717, 1.165) is 12.7 Å². The van der Waals surface area contributed by atoms with Crippen LogP contribution in [0.1, 0.15) is 30.6 Å². The summed E-state index contributed by atoms with van der Waals surface area (Å²) >= 11 is 7.27. The van der Waals surface area contributed by atoms with Gasteiger partial charge in [0.05, 0.1) is 22.9 Å². The van der Waals surface area contributed by atoms with E-state index in [4.69, 9.17) is 11.6 Å². The lowest BCUT2D eigenvalue weighted by Crippen LogP contribution is -2.24. The molecule has 10 heteroatoms. The summed E-state index contributed by atoms with van der Waals surface area (Å²) < 4.78 is 26.6. The Labute approximate surface area is 196 Å². The number of carbonyl (C=O) groups is 1. The molecule has 0 saturated carbocycles. The van der Waals surface area contributed by atoms with E-state index in [1.807, 2.05) is 0 Å². The first kappa shape index (κ1) is 24.3. The van der Waals surface area contributed by atoms with Crippen molar-refractivity contribution in [2.24, 2.45) is 5.92 Å². The minimum Gasteiger partial charge on any atom is -0.293 e. The van der Waals surface area contributed by atoms with Crippen LogP contribution in [0.5, 0.6) is 0 Å². The zero-order chi connectivity index (χ0) is 23.5. The van der Waals surface area contributed by atoms with Gasteiger partial charge in [-0.1, -0.05) is 37.2 Å². The average molecular weight is 494 g/mol. The highest BCUT2D eigenvalue weighted by Gasteiger charge is 2.15. The molecule has 0 unspecified atom stereocenters. The molecule has 2 aromatic carbocycles. The SMILES string of the molecule is CC(C)CCn1c(SCC(=O)c2ccc(NS(C)(=O)=O)cc2)nc2cc(Cl)ccc2c1=O. The smallest absolute Gasteiger partial charge is 0.262 e. The van der Waals surface area contributed by atoms with Gasteiger partial charge in [-0.3, -0.25) is 18.9 Å². The number of Topliss-reactive ketones (excluding diaryl/α,β-unsaturated/α-hetero) is 1. The lowest BCUT2D eigenvalue weighted by atomic mass is 10.1. The second-order valence-electron chi connectivity index (χ2n) is 7.86. The number of carbonyl (C=O) groups excluding carboxylic acids is 1. The Balaban J connectivity index is 1.84. The molecule has 32 heavy (non-hydrogen) atoms. The highest BCUT2D eigenvalue weighted by atomic mass is 35.5. The second-order valence-corrected chi connectivity index (χ2v) is 11.0. The summed E-state index contributed by atoms with van der Waals surface area (Å²) in [6, 6.07) is 11.2. The van der Waals surface area contributed by atoms with Crippen LogP contribution in [0.25, 0.3) is 10.9 Å². The predicted octanol–water partition coefficient (Wildman–Crippen LogP) is 4.44. The highest BCUT2D eigenvalue weighted by molar-refractivity contribution is 7.99. The van der Waals surface area contributed by atoms with Crippen molar-refractivity contribution in [1.29, 1.82) is 0 Å². The summed E-state index contributed by atoms with van der Waals surface area (Å²) in [6.07, 6.45) is 1.86. The molecule has 0 bridgehead atoms. The minimum atomic E-state index is -3.39. The Morgan fingerprint density at radius 2 is 1.88 bits per heavy atom. The molecule has 0 aliphatic carbocycles. The number of nitrogens with one attached hydrogen (secondary N) is 1. The molecule has 170 valence electrons. The molecule has 0 atom stereocenters. The fourth-order valence-corrected chi connectivity index (χ4v) is 4.67. The van der Waals surface area contributed by atoms with Gasteiger partial charge < -0.3 is 0 Å². The quantitative estimate of drug-likeness (QED) is 0.269. The molecule has 1 N–H and O–H groups in total. The number of hydrogen-bond acceptors (Lipinski definition) is 6. The summed E-state index contributed by atoms with van der Waals surface area (Å²) in [7, 11) is -3.39. The third-order valence-electron chi connectivity index (χ3n) is 4.65. The molecule has 3 rings (SSSR count). The predicted molar refractivity (Wildman–Crippen MR) is 130 cm³/mol. The molecular weight excluding hydrogens is 470 g/mol. The van der Waals surface area contributed by atoms with Crippen LogP contribution >= 0.6 is 23.4 Å². The lowest BCUT2D eigenvalue weighted by molar-refractivity contribution is 0.102. The highest BCUT2D eigenvalue weighted by Crippen LogP contribution is 2.22. The minimum absolute atomic E-state index is 0.0824. The van der Waals surface area contributed by atoms with Gasteiger partial charge in [-0.2, -0.15) is 0 Å². The van der Waals surface area contributed by atoms with E-state index in [1.165, 1.54) is 23.9 Å². The number of benzene rings is 2. The van der Waals surface area contributed by atoms with E-state index in [2.05, 4.69) is 23.6 Å². The van der Waals surface area contributed by atoms with Gasteiger partial charge in [0.2, 0.25) is 10.0 Å². The zero-order valence-corrected chi connectivity index (χ0v) is 20.4. The van der Waals surface area contributed by atoms with Gasteiger partial charge in [-0.25, -0.2) is 13.4 Å². The summed E-state index contributed by atoms with van der Waals surface area (Å²) in [5.41, 5.74) is 1.16. The van der Waals surface area contributed by atoms with Gasteiger partial charge in [-0.15, -0.1) is 0 Å². The number of halogens is 1. The lowest BCUT2D eigenvalue weighted by Gasteiger charge is -2.14. The summed E-state index contributed by atoms with van der Waals surface area (Å²) in [5.74, 6) is 0.331. The fraction of sp³-hybridized carbons (Fsp3) is 0.318. The van der Waals surface area contributed by atoms with Crippen LogP contribution in [0.3, 0.4) is 0 Å². The normalized spacial score (nSPS) is 11.8. The number of ketones is 1. The van der Waals surface area contributed by atoms with Crippen molar-refractivity contribution < 1.29 is 13.2 Å². The first-order valence-corrected chi connectivity index (χ1v) is 13.2. The third-order valence-corrected chi connectivity index (χ3v) is 6.47. The van der Waals surface area contributed by atoms with E-state index < -0.39 is 10.0 Å². The molecule has 0 aliphatic heterocycles. The maximum absolute atomic E-state index is 13.1. The van der Waals surface area contributed by atoms with Gasteiger partial charge in [0, 0.05) is 22.8 Å². The maximum Gasteiger partial charge on any atom is 0.262 e. The summed E-state index contributed by atoms with van der Waals surface area (Å²) in [6.45, 7) is 4.67. The Morgan fingerprint density at radius 3 is 2.50 bits per heavy atom. The molecule has 7 nitrogen and oxygen atoms in total. The molecule has 0 fully saturated rings. The van der Waals surface area contributed by atoms with Crippen molar-refractivity contribution in [2.45, 2.75) is 32.0 Å². The number of nitrogens with zero attached hydrogens (tertiary/aromatic N) is 2. The number of hydrogen-bond donors (Lipinski definition) is 1. The van der Waals surface area contributed by atoms with Crippen LogP contribution in [-0.4, -0.2) is 35.8 Å². The van der Waals surface area contributed by atoms with Crippen LogP contribution in [0, 0.1) is 5.92 Å². The Bertz CT molecular complexity index is 1300. The Kier molecular flexibility index (Phi) is 7.63. The Morgan fingerprint density at radius 1 is 1.19 bits per heavy atom. The first-order chi connectivity index (χ1) is 15.0. The van der Waals surface area contributed by atoms with Crippen LogP contribution in [0.2, 0.25) is 5.02 Å². The van der Waals surface area contributed by atoms with Crippen molar-refractivity contribution in [1.82, 2.24) is 9.55 Å². The van der Waals surface area contributed by atoms with Crippen molar-refractivity contribution in [3.8, 4) is 0 Å². The topological polar surface area (TPSA) is 98.1 Å². The monoisotopic (exact) mass is 493 g/mol. The number of thioether (sulfide) groups is 1. The molecule has 3 aromatic rings. The number of rotatable bonds is 9. The van der Waals surface area contributed by atoms with Crippen molar-refractivity contribution in [2.75, 3.05) is 16.7 Å². The van der Waals surface area contributed by atoms with Crippen LogP contribution in [-0.2, 0) is 16.6 Å². The van der Waals surface area contributed by atoms with Gasteiger partial charge in [-0.05, 0) is 54.8 Å². The second kappa shape index (κ2) is 10.1. The van der Waals surface area contributed by atoms with Crippen molar-refractivity contribution in [3.05, 3.63) is 63.4 Å². The molecule has 0 saturated heterocycles. The maximum atomic E-state index is 13.1. The van der Waals surface area contributed by atoms with Crippen LogP contribution < -0.4 is 10.3 Å². The van der Waals surface area contributed by atoms with E-state index in [9.17, 15) is 18.0 Å². The van der Waals surface area contributed by atoms with E-state index in [-0.39, 0.29) is 17.1 Å². The van der Waals surface area contributed by atoms with E-state index in [0.29, 0.717) is 44.8 Å². The van der Waals surface area contributed by atoms with Crippen molar-refractivity contribution >= 4 is 55.8 Å². The molecule has 0 amide bonds. The van der Waals surface area contributed by atoms with Gasteiger partial charge in [0.1, 0.15) is 0 Å². The van der Waals surface area contributed by atoms with E-state index in [1.54, 1.807) is 34.9 Å². The summed E-state index contributed by atoms with van der Waals surface area (Å²) in [4.78, 5) is 30.4. The molecule has 1 aromatic heterocycles. The summed E-state index contributed by atoms with van der Waals surface area (Å²) in [5, 5.41) is 1.44. The van der Waals surface area contributed by atoms with Crippen molar-refractivity contribution in [3.63, 3.8) is 0 Å². The molecule has 0 spiro atoms. The molecule has 1 heterocycles. The first-order valence-electron chi connectivity index (χ1n) is 9.97. The largest absolute Gasteiger partial charge is 0.293 e. The third kappa shape index (κ3) is 6.34. The average Bonchev–Trinajstić information content (AvgIpc) is 2.70. The molecule has 0 aliphatic rings. The van der Waals surface area contributed by atoms with Gasteiger partial charge >= 0.3 is 0 Å². The number of sulfonamides is 1. The fourth-order valence-electron chi connectivity index (χ4n) is 3.02. The molecule has 0 radical (unpaired) electrons. The van der Waals surface area contributed by atoms with Gasteiger partial charge in [0.25, 0.3) is 5.56 Å². The number of aromatic nitrogens is 2. The van der Waals surface area contributed by atoms with Crippen LogP contribution in [0.15, 0.2) is 52.4 Å². The van der Waals surface area contributed by atoms with Crippen LogP contribution in [0.4, 0.5) is 5.69 Å². The van der Waals surface area contributed by atoms with Gasteiger partial charge in [0.15, 0.2) is 10.9 Å². The number of fused-ring (bicyclic) bond motifs is 1. The standard InChI is InChI=1S/C22H24ClN3O4S2/c1-14(2)10-11-26-21(28)18-9-6-16(23)12-19(18)24-22(26)31-13-20(27)15-4-7-17(8-5-15)25-32(3,29)30/h4-9,12,14,25H,10-11,13H2,1-3H3. The number of anilines is 1. The van der Waals surface area contributed by atoms with E-state index >= 15 is 0 Å². The molecular formula is C22H24ClN3O4S2. The zero-order valence-electron chi connectivity index (χ0n) is 18.0. The Hall–Kier alpha value is -2.36.